The standard InChI is InChI=1S/C18H19N3O3/c1-2-20-15-10-6-7-11-16(15)21(18(20)23)12-17(22)19-24-13-14-8-4-3-5-9-14/h3-11H,2,12-13H2,1H3,(H,19,22). The molecule has 6 heteroatoms. The Morgan fingerprint density at radius 3 is 2.29 bits per heavy atom. The zero-order chi connectivity index (χ0) is 16.9. The number of hydrogen-bond donors (Lipinski definition) is 1. The number of aromatic nitrogens is 2. The van der Waals surface area contributed by atoms with Crippen molar-refractivity contribution in [3.8, 4) is 0 Å². The van der Waals surface area contributed by atoms with Crippen LogP contribution in [0.15, 0.2) is 59.4 Å². The molecule has 0 unspecified atom stereocenters. The van der Waals surface area contributed by atoms with Crippen molar-refractivity contribution in [2.24, 2.45) is 0 Å². The SMILES string of the molecule is CCn1c(=O)n(CC(=O)NOCc2ccccc2)c2ccccc21. The number of amides is 1. The lowest BCUT2D eigenvalue weighted by Crippen LogP contribution is -2.33. The van der Waals surface area contributed by atoms with Gasteiger partial charge in [0.05, 0.1) is 17.6 Å². The third-order valence-electron chi connectivity index (χ3n) is 3.81. The molecule has 0 radical (unpaired) electrons. The van der Waals surface area contributed by atoms with E-state index in [0.29, 0.717) is 6.54 Å². The fourth-order valence-corrected chi connectivity index (χ4v) is 2.68. The van der Waals surface area contributed by atoms with Crippen LogP contribution in [-0.4, -0.2) is 15.0 Å². The van der Waals surface area contributed by atoms with Gasteiger partial charge in [0.2, 0.25) is 0 Å². The van der Waals surface area contributed by atoms with Crippen molar-refractivity contribution in [1.82, 2.24) is 14.6 Å². The summed E-state index contributed by atoms with van der Waals surface area (Å²) in [5, 5.41) is 0. The van der Waals surface area contributed by atoms with Crippen molar-refractivity contribution in [2.45, 2.75) is 26.6 Å². The number of hydroxylamine groups is 1. The summed E-state index contributed by atoms with van der Waals surface area (Å²) < 4.78 is 3.10. The zero-order valence-corrected chi connectivity index (χ0v) is 13.4. The molecular formula is C18H19N3O3. The number of carbonyl (C=O) groups is 1. The van der Waals surface area contributed by atoms with Gasteiger partial charge in [-0.3, -0.25) is 18.8 Å². The Bertz CT molecular complexity index is 897. The van der Waals surface area contributed by atoms with Crippen LogP contribution >= 0.6 is 0 Å². The molecule has 0 bridgehead atoms. The van der Waals surface area contributed by atoms with Gasteiger partial charge in [-0.15, -0.1) is 0 Å². The van der Waals surface area contributed by atoms with Crippen LogP contribution < -0.4 is 11.2 Å². The fourth-order valence-electron chi connectivity index (χ4n) is 2.68. The average molecular weight is 325 g/mol. The number of benzene rings is 2. The lowest BCUT2D eigenvalue weighted by Gasteiger charge is -2.07. The number of nitrogens with one attached hydrogen (secondary N) is 1. The molecule has 0 saturated heterocycles. The molecule has 1 amide bonds. The molecule has 124 valence electrons. The van der Waals surface area contributed by atoms with Gasteiger partial charge in [-0.1, -0.05) is 42.5 Å². The topological polar surface area (TPSA) is 65.3 Å². The van der Waals surface area contributed by atoms with Crippen LogP contribution in [0.4, 0.5) is 0 Å². The highest BCUT2D eigenvalue weighted by Gasteiger charge is 2.14. The summed E-state index contributed by atoms with van der Waals surface area (Å²) in [5.41, 5.74) is 4.71. The highest BCUT2D eigenvalue weighted by Crippen LogP contribution is 2.12. The molecule has 3 aromatic rings. The molecule has 1 N–H and O–H groups in total. The molecule has 0 fully saturated rings. The van der Waals surface area contributed by atoms with E-state index in [1.54, 1.807) is 4.57 Å². The summed E-state index contributed by atoms with van der Waals surface area (Å²) in [7, 11) is 0. The Morgan fingerprint density at radius 1 is 1.00 bits per heavy atom. The molecule has 1 aromatic heterocycles. The van der Waals surface area contributed by atoms with Gasteiger partial charge in [0, 0.05) is 6.54 Å². The van der Waals surface area contributed by atoms with Gasteiger partial charge in [0.25, 0.3) is 5.91 Å². The minimum atomic E-state index is -0.368. The number of nitrogens with zero attached hydrogens (tertiary/aromatic N) is 2. The first-order valence-corrected chi connectivity index (χ1v) is 7.83. The second-order valence-corrected chi connectivity index (χ2v) is 5.40. The van der Waals surface area contributed by atoms with Crippen molar-refractivity contribution < 1.29 is 9.63 Å². The largest absolute Gasteiger partial charge is 0.329 e. The molecule has 6 nitrogen and oxygen atoms in total. The van der Waals surface area contributed by atoms with Crippen LogP contribution in [0.25, 0.3) is 11.0 Å². The molecule has 0 atom stereocenters. The number of rotatable bonds is 6. The summed E-state index contributed by atoms with van der Waals surface area (Å²) in [6, 6.07) is 17.0. The molecule has 0 aliphatic rings. The summed E-state index contributed by atoms with van der Waals surface area (Å²) >= 11 is 0. The predicted octanol–water partition coefficient (Wildman–Crippen LogP) is 2.07. The number of aryl methyl sites for hydroxylation is 1. The normalized spacial score (nSPS) is 10.9. The average Bonchev–Trinajstić information content (AvgIpc) is 2.87. The Morgan fingerprint density at radius 2 is 1.62 bits per heavy atom. The number of imidazole rings is 1. The second kappa shape index (κ2) is 7.14. The number of carbonyl (C=O) groups excluding carboxylic acids is 1. The minimum Gasteiger partial charge on any atom is -0.292 e. The monoisotopic (exact) mass is 325 g/mol. The van der Waals surface area contributed by atoms with Gasteiger partial charge in [-0.2, -0.15) is 0 Å². The quantitative estimate of drug-likeness (QED) is 0.706. The Balaban J connectivity index is 1.70. The van der Waals surface area contributed by atoms with Gasteiger partial charge in [0.1, 0.15) is 6.54 Å². The van der Waals surface area contributed by atoms with Crippen LogP contribution in [0, 0.1) is 0 Å². The minimum absolute atomic E-state index is 0.0822. The first kappa shape index (κ1) is 16.0. The number of hydrogen-bond acceptors (Lipinski definition) is 3. The van der Waals surface area contributed by atoms with Crippen LogP contribution in [0.1, 0.15) is 12.5 Å². The first-order valence-electron chi connectivity index (χ1n) is 7.83. The van der Waals surface area contributed by atoms with E-state index in [9.17, 15) is 9.59 Å². The van der Waals surface area contributed by atoms with Crippen LogP contribution in [-0.2, 0) is 29.3 Å². The second-order valence-electron chi connectivity index (χ2n) is 5.40. The third-order valence-corrected chi connectivity index (χ3v) is 3.81. The van der Waals surface area contributed by atoms with Crippen molar-refractivity contribution in [3.63, 3.8) is 0 Å². The van der Waals surface area contributed by atoms with E-state index in [0.717, 1.165) is 16.6 Å². The van der Waals surface area contributed by atoms with Crippen LogP contribution in [0.5, 0.6) is 0 Å². The lowest BCUT2D eigenvalue weighted by atomic mass is 10.2. The van der Waals surface area contributed by atoms with E-state index in [4.69, 9.17) is 4.84 Å². The maximum atomic E-state index is 12.5. The van der Waals surface area contributed by atoms with Crippen LogP contribution in [0.3, 0.4) is 0 Å². The molecule has 0 aliphatic carbocycles. The highest BCUT2D eigenvalue weighted by molar-refractivity contribution is 5.80. The third kappa shape index (κ3) is 3.23. The summed E-state index contributed by atoms with van der Waals surface area (Å²) in [6.45, 7) is 2.65. The van der Waals surface area contributed by atoms with E-state index in [1.807, 2.05) is 61.5 Å². The summed E-state index contributed by atoms with van der Waals surface area (Å²) in [5.74, 6) is -0.368. The number of fused-ring (bicyclic) bond motifs is 1. The van der Waals surface area contributed by atoms with E-state index in [2.05, 4.69) is 5.48 Å². The highest BCUT2D eigenvalue weighted by atomic mass is 16.6. The van der Waals surface area contributed by atoms with Crippen molar-refractivity contribution >= 4 is 16.9 Å². The van der Waals surface area contributed by atoms with E-state index in [-0.39, 0.29) is 24.7 Å². The van der Waals surface area contributed by atoms with Crippen molar-refractivity contribution in [1.29, 1.82) is 0 Å². The molecule has 0 aliphatic heterocycles. The predicted molar refractivity (Wildman–Crippen MR) is 91.2 cm³/mol. The molecular weight excluding hydrogens is 306 g/mol. The fraction of sp³-hybridized carbons (Fsp3) is 0.222. The smallest absolute Gasteiger partial charge is 0.292 e. The molecule has 2 aromatic carbocycles. The van der Waals surface area contributed by atoms with Gasteiger partial charge >= 0.3 is 5.69 Å². The lowest BCUT2D eigenvalue weighted by molar-refractivity contribution is -0.135. The molecule has 24 heavy (non-hydrogen) atoms. The van der Waals surface area contributed by atoms with E-state index in [1.165, 1.54) is 4.57 Å². The Hall–Kier alpha value is -2.86. The van der Waals surface area contributed by atoms with E-state index < -0.39 is 0 Å². The Kier molecular flexibility index (Phi) is 4.77. The Labute approximate surface area is 139 Å². The van der Waals surface area contributed by atoms with Gasteiger partial charge in [0.15, 0.2) is 0 Å². The van der Waals surface area contributed by atoms with E-state index >= 15 is 0 Å². The van der Waals surface area contributed by atoms with Crippen molar-refractivity contribution in [2.75, 3.05) is 0 Å². The molecule has 0 saturated carbocycles. The van der Waals surface area contributed by atoms with Gasteiger partial charge in [-0.05, 0) is 24.6 Å². The zero-order valence-electron chi connectivity index (χ0n) is 13.4. The first-order chi connectivity index (χ1) is 11.7. The summed E-state index contributed by atoms with van der Waals surface area (Å²) in [4.78, 5) is 29.8. The van der Waals surface area contributed by atoms with Gasteiger partial charge in [-0.25, -0.2) is 10.3 Å². The summed E-state index contributed by atoms with van der Waals surface area (Å²) in [6.07, 6.45) is 0. The maximum absolute atomic E-state index is 12.5. The van der Waals surface area contributed by atoms with Crippen LogP contribution in [0.2, 0.25) is 0 Å². The molecule has 0 spiro atoms. The van der Waals surface area contributed by atoms with Crippen molar-refractivity contribution in [3.05, 3.63) is 70.6 Å². The maximum Gasteiger partial charge on any atom is 0.329 e. The van der Waals surface area contributed by atoms with Gasteiger partial charge < -0.3 is 0 Å². The number of para-hydroxylation sites is 2. The molecule has 3 rings (SSSR count). The molecule has 1 heterocycles.